The lowest BCUT2D eigenvalue weighted by molar-refractivity contribution is -0.137. The van der Waals surface area contributed by atoms with Crippen LogP contribution in [0.15, 0.2) is 64.5 Å². The highest BCUT2D eigenvalue weighted by Gasteiger charge is 2.32. The van der Waals surface area contributed by atoms with Crippen LogP contribution >= 0.6 is 21.4 Å². The van der Waals surface area contributed by atoms with Crippen molar-refractivity contribution in [2.45, 2.75) is 36.7 Å². The van der Waals surface area contributed by atoms with Crippen LogP contribution in [-0.2, 0) is 6.18 Å². The molecule has 0 fully saturated rings. The number of halogens is 4. The number of hydrogen-bond acceptors (Lipinski definition) is 2. The molecule has 0 radical (unpaired) electrons. The molecule has 2 aromatic rings. The number of allylic oxidation sites excluding steroid dienone is 1. The van der Waals surface area contributed by atoms with Gasteiger partial charge in [-0.25, -0.2) is 0 Å². The van der Waals surface area contributed by atoms with Gasteiger partial charge in [-0.1, -0.05) is 32.2 Å². The Labute approximate surface area is 175 Å². The van der Waals surface area contributed by atoms with Crippen LogP contribution in [-0.4, -0.2) is 17.5 Å². The molecule has 0 atom stereocenters. The minimum absolute atomic E-state index is 0.168. The number of aryl methyl sites for hydroxylation is 1. The van der Waals surface area contributed by atoms with Gasteiger partial charge in [-0.3, -0.25) is 0 Å². The van der Waals surface area contributed by atoms with E-state index in [2.05, 4.69) is 23.6 Å². The van der Waals surface area contributed by atoms with E-state index in [-0.39, 0.29) is 12.1 Å². The summed E-state index contributed by atoms with van der Waals surface area (Å²) in [4.78, 5) is 1.01. The second kappa shape index (κ2) is 8.48. The Morgan fingerprint density at radius 3 is 2.17 bits per heavy atom. The van der Waals surface area contributed by atoms with Crippen molar-refractivity contribution in [1.82, 2.24) is 0 Å². The molecule has 158 valence electrons. The molecule has 0 aliphatic heterocycles. The third-order valence-electron chi connectivity index (χ3n) is 4.57. The van der Waals surface area contributed by atoms with E-state index in [0.717, 1.165) is 17.8 Å². The maximum Gasteiger partial charge on any atom is 0.416 e. The van der Waals surface area contributed by atoms with E-state index >= 15 is 0 Å². The van der Waals surface area contributed by atoms with Crippen molar-refractivity contribution in [2.24, 2.45) is 5.41 Å². The lowest BCUT2D eigenvalue weighted by atomic mass is 9.92. The van der Waals surface area contributed by atoms with Crippen molar-refractivity contribution in [2.75, 3.05) is 11.1 Å². The van der Waals surface area contributed by atoms with E-state index < -0.39 is 26.4 Å². The van der Waals surface area contributed by atoms with Gasteiger partial charge in [0.05, 0.1) is 17.7 Å². The zero-order chi connectivity index (χ0) is 22.0. The van der Waals surface area contributed by atoms with Crippen molar-refractivity contribution in [3.63, 3.8) is 0 Å². The number of anilines is 1. The molecule has 7 heteroatoms. The SMILES string of the molecule is C=C(Nc1ccc(SF)cc1)C(C)(C)CS(=C)(=C)c1cc(C)cc(C(F)(F)F)c1. The first-order chi connectivity index (χ1) is 13.2. The third-order valence-corrected chi connectivity index (χ3v) is 7.53. The van der Waals surface area contributed by atoms with Crippen LogP contribution in [0.25, 0.3) is 0 Å². The number of benzene rings is 2. The molecule has 0 bridgehead atoms. The molecule has 0 saturated heterocycles. The standard InChI is InChI=1S/C22H25F4NS2/c1-15-11-17(22(23,24)25)13-20(12-15)29(5,6)14-21(3,4)16(2)27-18-7-9-19(28-26)10-8-18/h7-13,27H,2,5-6,14H2,1,3-4H3. The Kier molecular flexibility index (Phi) is 6.85. The zero-order valence-corrected chi connectivity index (χ0v) is 18.3. The predicted octanol–water partition coefficient (Wildman–Crippen LogP) is 7.67. The summed E-state index contributed by atoms with van der Waals surface area (Å²) in [7, 11) is -2.02. The van der Waals surface area contributed by atoms with E-state index in [1.807, 2.05) is 13.8 Å². The highest BCUT2D eigenvalue weighted by molar-refractivity contribution is 8.27. The molecule has 2 rings (SSSR count). The summed E-state index contributed by atoms with van der Waals surface area (Å²) in [5, 5.41) is 3.21. The topological polar surface area (TPSA) is 12.0 Å². The van der Waals surface area contributed by atoms with Gasteiger partial charge in [-0.05, 0) is 65.6 Å². The van der Waals surface area contributed by atoms with E-state index in [1.54, 1.807) is 37.3 Å². The molecule has 0 unspecified atom stereocenters. The van der Waals surface area contributed by atoms with Gasteiger partial charge in [0.25, 0.3) is 0 Å². The Bertz CT molecular complexity index is 988. The number of hydrogen-bond donors (Lipinski definition) is 1. The van der Waals surface area contributed by atoms with Gasteiger partial charge in [0.15, 0.2) is 0 Å². The molecule has 0 heterocycles. The smallest absolute Gasteiger partial charge is 0.359 e. The van der Waals surface area contributed by atoms with Crippen LogP contribution in [0.5, 0.6) is 0 Å². The first kappa shape index (κ1) is 23.4. The van der Waals surface area contributed by atoms with E-state index in [0.29, 0.717) is 26.8 Å². The monoisotopic (exact) mass is 443 g/mol. The Morgan fingerprint density at radius 2 is 1.66 bits per heavy atom. The summed E-state index contributed by atoms with van der Waals surface area (Å²) in [6.07, 6.45) is -4.42. The predicted molar refractivity (Wildman–Crippen MR) is 121 cm³/mol. The maximum absolute atomic E-state index is 13.2. The zero-order valence-electron chi connectivity index (χ0n) is 16.7. The highest BCUT2D eigenvalue weighted by Crippen LogP contribution is 2.43. The molecule has 29 heavy (non-hydrogen) atoms. The summed E-state index contributed by atoms with van der Waals surface area (Å²) in [6, 6.07) is 10.8. The van der Waals surface area contributed by atoms with Crippen molar-refractivity contribution in [1.29, 1.82) is 0 Å². The minimum atomic E-state index is -4.42. The molecule has 0 saturated carbocycles. The number of nitrogens with one attached hydrogen (secondary N) is 1. The molecule has 0 aliphatic carbocycles. The van der Waals surface area contributed by atoms with Gasteiger partial charge >= 0.3 is 6.18 Å². The second-order valence-corrected chi connectivity index (χ2v) is 11.3. The highest BCUT2D eigenvalue weighted by atomic mass is 32.2. The fraction of sp³-hybridized carbons (Fsp3) is 0.273. The van der Waals surface area contributed by atoms with E-state index in [1.165, 1.54) is 0 Å². The fourth-order valence-corrected chi connectivity index (χ4v) is 5.73. The lowest BCUT2D eigenvalue weighted by Crippen LogP contribution is -2.24. The second-order valence-electron chi connectivity index (χ2n) is 7.81. The molecule has 1 nitrogen and oxygen atoms in total. The third kappa shape index (κ3) is 6.06. The van der Waals surface area contributed by atoms with Gasteiger partial charge in [0, 0.05) is 21.7 Å². The van der Waals surface area contributed by atoms with Crippen LogP contribution in [0.3, 0.4) is 0 Å². The van der Waals surface area contributed by atoms with Gasteiger partial charge in [0.2, 0.25) is 0 Å². The van der Waals surface area contributed by atoms with Crippen molar-refractivity contribution in [3.8, 4) is 0 Å². The average Bonchev–Trinajstić information content (AvgIpc) is 2.60. The maximum atomic E-state index is 13.2. The van der Waals surface area contributed by atoms with Crippen molar-refractivity contribution >= 4 is 38.8 Å². The van der Waals surface area contributed by atoms with E-state index in [9.17, 15) is 17.1 Å². The summed E-state index contributed by atoms with van der Waals surface area (Å²) in [5.74, 6) is 8.84. The largest absolute Gasteiger partial charge is 0.416 e. The molecular weight excluding hydrogens is 418 g/mol. The number of alkyl halides is 3. The van der Waals surface area contributed by atoms with Gasteiger partial charge in [-0.2, -0.15) is 26.3 Å². The molecule has 0 spiro atoms. The quantitative estimate of drug-likeness (QED) is 0.348. The van der Waals surface area contributed by atoms with Crippen LogP contribution in [0, 0.1) is 12.3 Å². The molecule has 0 aromatic heterocycles. The van der Waals surface area contributed by atoms with Crippen LogP contribution in [0.2, 0.25) is 0 Å². The summed E-state index contributed by atoms with van der Waals surface area (Å²) < 4.78 is 52.2. The molecule has 1 N–H and O–H groups in total. The van der Waals surface area contributed by atoms with Crippen molar-refractivity contribution in [3.05, 3.63) is 65.9 Å². The minimum Gasteiger partial charge on any atom is -0.359 e. The molecule has 0 amide bonds. The Balaban J connectivity index is 2.25. The molecule has 0 aliphatic rings. The van der Waals surface area contributed by atoms with Gasteiger partial charge in [0.1, 0.15) is 0 Å². The normalized spacial score (nSPS) is 12.7. The molecule has 2 aromatic carbocycles. The fourth-order valence-electron chi connectivity index (χ4n) is 2.96. The van der Waals surface area contributed by atoms with Gasteiger partial charge in [-0.15, -0.1) is 0 Å². The Morgan fingerprint density at radius 1 is 1.07 bits per heavy atom. The first-order valence-electron chi connectivity index (χ1n) is 8.76. The van der Waals surface area contributed by atoms with Crippen LogP contribution < -0.4 is 5.32 Å². The average molecular weight is 444 g/mol. The Hall–Kier alpha value is -1.86. The number of rotatable bonds is 7. The summed E-state index contributed by atoms with van der Waals surface area (Å²) in [6.45, 7) is 9.64. The first-order valence-corrected chi connectivity index (χ1v) is 11.6. The van der Waals surface area contributed by atoms with E-state index in [4.69, 9.17) is 0 Å². The van der Waals surface area contributed by atoms with Gasteiger partial charge < -0.3 is 5.32 Å². The lowest BCUT2D eigenvalue weighted by Gasteiger charge is -2.32. The van der Waals surface area contributed by atoms with Crippen LogP contribution in [0.4, 0.5) is 22.7 Å². The van der Waals surface area contributed by atoms with Crippen molar-refractivity contribution < 1.29 is 17.1 Å². The molecular formula is C22H25F4NS2. The summed E-state index contributed by atoms with van der Waals surface area (Å²) in [5.41, 5.74) is 0.793. The van der Waals surface area contributed by atoms with Crippen LogP contribution in [0.1, 0.15) is 25.0 Å². The summed E-state index contributed by atoms with van der Waals surface area (Å²) >= 11 is 0.168.